The maximum absolute atomic E-state index is 9.22. The van der Waals surface area contributed by atoms with E-state index >= 15 is 0 Å². The van der Waals surface area contributed by atoms with Crippen LogP contribution in [0.3, 0.4) is 0 Å². The van der Waals surface area contributed by atoms with Gasteiger partial charge in [-0.1, -0.05) is 0 Å². The maximum atomic E-state index is 9.22. The summed E-state index contributed by atoms with van der Waals surface area (Å²) in [5.41, 5.74) is 3.71. The number of nitrogens with zero attached hydrogens (tertiary/aromatic N) is 5. The molecular formula is C16H19N5OS2. The van der Waals surface area contributed by atoms with Crippen molar-refractivity contribution >= 4 is 27.8 Å². The molecule has 8 heteroatoms. The molecule has 4 rings (SSSR count). The van der Waals surface area contributed by atoms with Crippen LogP contribution < -0.4 is 4.90 Å². The summed E-state index contributed by atoms with van der Waals surface area (Å²) < 4.78 is 2.21. The highest BCUT2D eigenvalue weighted by molar-refractivity contribution is 7.13. The van der Waals surface area contributed by atoms with Gasteiger partial charge < -0.3 is 14.6 Å². The second-order valence-electron chi connectivity index (χ2n) is 5.96. The highest BCUT2D eigenvalue weighted by Gasteiger charge is 2.26. The summed E-state index contributed by atoms with van der Waals surface area (Å²) >= 11 is 3.23. The fraction of sp³-hybridized carbons (Fsp3) is 0.438. The van der Waals surface area contributed by atoms with Gasteiger partial charge >= 0.3 is 0 Å². The standard InChI is InChI=1S/C16H19N5OS2/c22-8-14-10-24-16(19-14)21-4-1-2-12(6-21)15-17-3-5-20(15)7-13-9-23-11-18-13/h3,5,9-12,22H,1-2,4,6-8H2/t12-/m1/s1. The minimum atomic E-state index is 0.00577. The average Bonchev–Trinajstić information content (AvgIpc) is 3.37. The predicted molar refractivity (Wildman–Crippen MR) is 95.7 cm³/mol. The molecule has 0 aliphatic carbocycles. The fourth-order valence-corrected chi connectivity index (χ4v) is 4.58. The Kier molecular flexibility index (Phi) is 4.59. The third kappa shape index (κ3) is 3.22. The first kappa shape index (κ1) is 15.7. The molecule has 6 nitrogen and oxygen atoms in total. The number of aliphatic hydroxyl groups is 1. The maximum Gasteiger partial charge on any atom is 0.185 e. The van der Waals surface area contributed by atoms with E-state index in [1.165, 1.54) is 0 Å². The van der Waals surface area contributed by atoms with Crippen LogP contribution in [-0.2, 0) is 13.2 Å². The fourth-order valence-electron chi connectivity index (χ4n) is 3.18. The SMILES string of the molecule is OCc1csc(N2CCC[C@@H](c3nccn3Cc3cscn3)C2)n1. The summed E-state index contributed by atoms with van der Waals surface area (Å²) in [6.07, 6.45) is 6.19. The van der Waals surface area contributed by atoms with Crippen LogP contribution in [0, 0.1) is 0 Å². The van der Waals surface area contributed by atoms with Crippen LogP contribution in [-0.4, -0.2) is 37.7 Å². The van der Waals surface area contributed by atoms with E-state index in [0.29, 0.717) is 5.92 Å². The zero-order chi connectivity index (χ0) is 16.4. The van der Waals surface area contributed by atoms with Crippen molar-refractivity contribution in [1.29, 1.82) is 0 Å². The Bertz CT molecular complexity index is 782. The number of hydrogen-bond acceptors (Lipinski definition) is 7. The van der Waals surface area contributed by atoms with Crippen LogP contribution in [0.1, 0.15) is 36.0 Å². The molecule has 1 fully saturated rings. The van der Waals surface area contributed by atoms with Gasteiger partial charge in [0, 0.05) is 42.2 Å². The van der Waals surface area contributed by atoms with Crippen molar-refractivity contribution in [2.75, 3.05) is 18.0 Å². The molecule has 0 radical (unpaired) electrons. The van der Waals surface area contributed by atoms with E-state index in [1.54, 1.807) is 22.7 Å². The van der Waals surface area contributed by atoms with Crippen molar-refractivity contribution < 1.29 is 5.11 Å². The second-order valence-corrected chi connectivity index (χ2v) is 7.51. The van der Waals surface area contributed by atoms with Crippen LogP contribution in [0.4, 0.5) is 5.13 Å². The molecule has 1 N–H and O–H groups in total. The van der Waals surface area contributed by atoms with Crippen molar-refractivity contribution in [1.82, 2.24) is 19.5 Å². The van der Waals surface area contributed by atoms with Crippen LogP contribution in [0.5, 0.6) is 0 Å². The van der Waals surface area contributed by atoms with E-state index in [1.807, 2.05) is 23.3 Å². The molecule has 0 spiro atoms. The lowest BCUT2D eigenvalue weighted by atomic mass is 9.97. The largest absolute Gasteiger partial charge is 0.390 e. The molecule has 1 aliphatic heterocycles. The Labute approximate surface area is 148 Å². The van der Waals surface area contributed by atoms with Gasteiger partial charge in [0.15, 0.2) is 5.13 Å². The van der Waals surface area contributed by atoms with Crippen LogP contribution in [0.2, 0.25) is 0 Å². The molecule has 0 saturated carbocycles. The van der Waals surface area contributed by atoms with Gasteiger partial charge in [0.25, 0.3) is 0 Å². The van der Waals surface area contributed by atoms with E-state index < -0.39 is 0 Å². The molecule has 4 heterocycles. The van der Waals surface area contributed by atoms with Gasteiger partial charge in [0.2, 0.25) is 0 Å². The lowest BCUT2D eigenvalue weighted by molar-refractivity contribution is 0.277. The monoisotopic (exact) mass is 361 g/mol. The minimum absolute atomic E-state index is 0.00577. The summed E-state index contributed by atoms with van der Waals surface area (Å²) in [6.45, 7) is 2.72. The van der Waals surface area contributed by atoms with Gasteiger partial charge in [-0.25, -0.2) is 15.0 Å². The molecular weight excluding hydrogens is 342 g/mol. The van der Waals surface area contributed by atoms with Gasteiger partial charge in [-0.15, -0.1) is 22.7 Å². The normalized spacial score (nSPS) is 18.2. The summed E-state index contributed by atoms with van der Waals surface area (Å²) in [6, 6.07) is 0. The third-order valence-corrected chi connectivity index (χ3v) is 5.91. The van der Waals surface area contributed by atoms with Gasteiger partial charge in [0.05, 0.1) is 30.1 Å². The zero-order valence-corrected chi connectivity index (χ0v) is 14.8. The number of thiazole rings is 2. The molecule has 1 saturated heterocycles. The topological polar surface area (TPSA) is 67.1 Å². The average molecular weight is 361 g/mol. The summed E-state index contributed by atoms with van der Waals surface area (Å²) in [7, 11) is 0. The van der Waals surface area contributed by atoms with Gasteiger partial charge in [-0.2, -0.15) is 0 Å². The van der Waals surface area contributed by atoms with E-state index in [0.717, 1.165) is 54.8 Å². The first-order chi connectivity index (χ1) is 11.8. The first-order valence-electron chi connectivity index (χ1n) is 8.02. The predicted octanol–water partition coefficient (Wildman–Crippen LogP) is 2.72. The Hall–Kier alpha value is -1.77. The Morgan fingerprint density at radius 1 is 1.25 bits per heavy atom. The van der Waals surface area contributed by atoms with Crippen LogP contribution in [0.15, 0.2) is 28.7 Å². The highest BCUT2D eigenvalue weighted by atomic mass is 32.1. The van der Waals surface area contributed by atoms with E-state index in [2.05, 4.69) is 29.8 Å². The first-order valence-corrected chi connectivity index (χ1v) is 9.84. The Balaban J connectivity index is 1.51. The third-order valence-electron chi connectivity index (χ3n) is 4.32. The number of aliphatic hydroxyl groups excluding tert-OH is 1. The lowest BCUT2D eigenvalue weighted by Gasteiger charge is -2.32. The quantitative estimate of drug-likeness (QED) is 0.757. The minimum Gasteiger partial charge on any atom is -0.390 e. The summed E-state index contributed by atoms with van der Waals surface area (Å²) in [5, 5.41) is 14.2. The molecule has 24 heavy (non-hydrogen) atoms. The molecule has 1 atom stereocenters. The zero-order valence-electron chi connectivity index (χ0n) is 13.2. The molecule has 3 aromatic heterocycles. The molecule has 126 valence electrons. The molecule has 3 aromatic rings. The smallest absolute Gasteiger partial charge is 0.185 e. The Morgan fingerprint density at radius 3 is 3.00 bits per heavy atom. The number of piperidine rings is 1. The molecule has 0 amide bonds. The second kappa shape index (κ2) is 7.00. The van der Waals surface area contributed by atoms with Crippen molar-refractivity contribution in [3.63, 3.8) is 0 Å². The van der Waals surface area contributed by atoms with Crippen molar-refractivity contribution in [3.05, 3.63) is 45.9 Å². The summed E-state index contributed by atoms with van der Waals surface area (Å²) in [5.74, 6) is 1.53. The highest BCUT2D eigenvalue weighted by Crippen LogP contribution is 2.31. The van der Waals surface area contributed by atoms with Crippen molar-refractivity contribution in [2.24, 2.45) is 0 Å². The number of rotatable bonds is 5. The van der Waals surface area contributed by atoms with Crippen LogP contribution in [0.25, 0.3) is 0 Å². The van der Waals surface area contributed by atoms with E-state index in [9.17, 15) is 5.11 Å². The van der Waals surface area contributed by atoms with Gasteiger partial charge in [-0.05, 0) is 12.8 Å². The summed E-state index contributed by atoms with van der Waals surface area (Å²) in [4.78, 5) is 15.8. The van der Waals surface area contributed by atoms with Crippen molar-refractivity contribution in [3.8, 4) is 0 Å². The van der Waals surface area contributed by atoms with Crippen molar-refractivity contribution in [2.45, 2.75) is 31.9 Å². The number of hydrogen-bond donors (Lipinski definition) is 1. The Morgan fingerprint density at radius 2 is 2.21 bits per heavy atom. The lowest BCUT2D eigenvalue weighted by Crippen LogP contribution is -2.35. The molecule has 0 aromatic carbocycles. The number of imidazole rings is 1. The molecule has 0 unspecified atom stereocenters. The molecule has 1 aliphatic rings. The van der Waals surface area contributed by atoms with Gasteiger partial charge in [-0.3, -0.25) is 0 Å². The van der Waals surface area contributed by atoms with E-state index in [-0.39, 0.29) is 6.61 Å². The van der Waals surface area contributed by atoms with Crippen LogP contribution >= 0.6 is 22.7 Å². The molecule has 0 bridgehead atoms. The van der Waals surface area contributed by atoms with E-state index in [4.69, 9.17) is 0 Å². The van der Waals surface area contributed by atoms with Gasteiger partial charge in [0.1, 0.15) is 5.82 Å². The number of aromatic nitrogens is 4. The number of anilines is 1.